The Morgan fingerprint density at radius 2 is 1.78 bits per heavy atom. The molecule has 1 aliphatic heterocycles. The van der Waals surface area contributed by atoms with E-state index in [1.54, 1.807) is 12.1 Å². The van der Waals surface area contributed by atoms with Crippen LogP contribution in [0.4, 0.5) is 10.1 Å². The minimum absolute atomic E-state index is 0.0144. The summed E-state index contributed by atoms with van der Waals surface area (Å²) in [4.78, 5) is 11.8. The third kappa shape index (κ3) is 4.15. The summed E-state index contributed by atoms with van der Waals surface area (Å²) in [6, 6.07) is 11.4. The van der Waals surface area contributed by atoms with Crippen LogP contribution >= 0.6 is 0 Å². The molecule has 27 heavy (non-hydrogen) atoms. The Kier molecular flexibility index (Phi) is 5.54. The molecule has 0 saturated carbocycles. The first kappa shape index (κ1) is 19.4. The molecule has 3 rings (SSSR count). The second kappa shape index (κ2) is 7.71. The first-order chi connectivity index (χ1) is 12.8. The third-order valence-corrected chi connectivity index (χ3v) is 6.92. The molecule has 1 fully saturated rings. The predicted octanol–water partition coefficient (Wildman–Crippen LogP) is 1.38. The van der Waals surface area contributed by atoms with Crippen LogP contribution in [0, 0.1) is 15.9 Å². The maximum absolute atomic E-state index is 13.0. The number of nitrogens with one attached hydrogen (secondary N) is 1. The fraction of sp³-hybridized carbons (Fsp3) is 0.333. The third-order valence-electron chi connectivity index (χ3n) is 5.01. The molecule has 1 aliphatic rings. The summed E-state index contributed by atoms with van der Waals surface area (Å²) in [7, 11) is -3.65. The van der Waals surface area contributed by atoms with Gasteiger partial charge in [-0.15, -0.1) is 0 Å². The van der Waals surface area contributed by atoms with Crippen LogP contribution < -0.4 is 4.90 Å². The van der Waals surface area contributed by atoms with Crippen molar-refractivity contribution in [2.75, 3.05) is 26.2 Å². The van der Waals surface area contributed by atoms with Crippen molar-refractivity contribution in [3.63, 3.8) is 0 Å². The standard InChI is InChI=1S/C18H20FN3O4S/c1-14(15-3-2-4-17(13-15)22(23)24)20-9-11-21(12-10-20)27(25,26)18-7-5-16(19)6-8-18/h2-8,13-14H,9-12H2,1H3/p+1/t14-/m0/s1. The van der Waals surface area contributed by atoms with Gasteiger partial charge in [-0.05, 0) is 31.2 Å². The second-order valence-corrected chi connectivity index (χ2v) is 8.53. The van der Waals surface area contributed by atoms with Crippen molar-refractivity contribution < 1.29 is 22.6 Å². The van der Waals surface area contributed by atoms with Crippen molar-refractivity contribution in [2.45, 2.75) is 17.9 Å². The lowest BCUT2D eigenvalue weighted by Crippen LogP contribution is -3.14. The summed E-state index contributed by atoms with van der Waals surface area (Å²) in [5.74, 6) is -0.478. The number of non-ortho nitro benzene ring substituents is 1. The fourth-order valence-corrected chi connectivity index (χ4v) is 4.79. The van der Waals surface area contributed by atoms with Gasteiger partial charge in [0, 0.05) is 17.7 Å². The van der Waals surface area contributed by atoms with E-state index in [1.165, 1.54) is 27.4 Å². The van der Waals surface area contributed by atoms with E-state index in [0.717, 1.165) is 17.7 Å². The molecule has 2 aromatic rings. The quantitative estimate of drug-likeness (QED) is 0.613. The van der Waals surface area contributed by atoms with E-state index in [2.05, 4.69) is 0 Å². The van der Waals surface area contributed by atoms with Crippen LogP contribution in [-0.4, -0.2) is 43.8 Å². The molecule has 0 bridgehead atoms. The Balaban J connectivity index is 1.68. The molecule has 1 atom stereocenters. The molecule has 7 nitrogen and oxygen atoms in total. The van der Waals surface area contributed by atoms with Crippen molar-refractivity contribution in [3.05, 3.63) is 70.0 Å². The van der Waals surface area contributed by atoms with Gasteiger partial charge in [0.1, 0.15) is 11.9 Å². The van der Waals surface area contributed by atoms with Crippen molar-refractivity contribution in [2.24, 2.45) is 0 Å². The van der Waals surface area contributed by atoms with Gasteiger partial charge in [0.05, 0.1) is 36.0 Å². The summed E-state index contributed by atoms with van der Waals surface area (Å²) in [5.41, 5.74) is 0.908. The number of nitrogens with zero attached hydrogens (tertiary/aromatic N) is 2. The number of hydrogen-bond donors (Lipinski definition) is 1. The van der Waals surface area contributed by atoms with Gasteiger partial charge in [0.25, 0.3) is 5.69 Å². The molecule has 9 heteroatoms. The second-order valence-electron chi connectivity index (χ2n) is 6.59. The Bertz CT molecular complexity index is 926. The summed E-state index contributed by atoms with van der Waals surface area (Å²) in [6.45, 7) is 3.84. The number of nitro benzene ring substituents is 1. The Morgan fingerprint density at radius 3 is 2.37 bits per heavy atom. The van der Waals surface area contributed by atoms with Gasteiger partial charge in [-0.25, -0.2) is 12.8 Å². The van der Waals surface area contributed by atoms with Gasteiger partial charge in [-0.2, -0.15) is 4.31 Å². The zero-order valence-electron chi connectivity index (χ0n) is 14.8. The number of rotatable bonds is 5. The van der Waals surface area contributed by atoms with E-state index in [9.17, 15) is 22.9 Å². The summed E-state index contributed by atoms with van der Waals surface area (Å²) >= 11 is 0. The van der Waals surface area contributed by atoms with E-state index < -0.39 is 20.8 Å². The molecule has 0 aliphatic carbocycles. The lowest BCUT2D eigenvalue weighted by molar-refractivity contribution is -0.933. The van der Waals surface area contributed by atoms with Crippen LogP contribution in [0.3, 0.4) is 0 Å². The largest absolute Gasteiger partial charge is 0.327 e. The normalized spacial score (nSPS) is 17.6. The van der Waals surface area contributed by atoms with E-state index in [1.807, 2.05) is 13.0 Å². The minimum Gasteiger partial charge on any atom is -0.327 e. The highest BCUT2D eigenvalue weighted by atomic mass is 32.2. The number of halogens is 1. The van der Waals surface area contributed by atoms with Crippen LogP contribution in [0.2, 0.25) is 0 Å². The maximum Gasteiger partial charge on any atom is 0.269 e. The van der Waals surface area contributed by atoms with Crippen LogP contribution in [-0.2, 0) is 10.0 Å². The zero-order valence-corrected chi connectivity index (χ0v) is 15.7. The summed E-state index contributed by atoms with van der Waals surface area (Å²) < 4.78 is 39.8. The van der Waals surface area contributed by atoms with E-state index in [-0.39, 0.29) is 16.6 Å². The van der Waals surface area contributed by atoms with Gasteiger partial charge < -0.3 is 4.90 Å². The van der Waals surface area contributed by atoms with Crippen LogP contribution in [0.1, 0.15) is 18.5 Å². The average Bonchev–Trinajstić information content (AvgIpc) is 2.68. The number of sulfonamides is 1. The predicted molar refractivity (Wildman–Crippen MR) is 97.4 cm³/mol. The van der Waals surface area contributed by atoms with Gasteiger partial charge in [0.2, 0.25) is 10.0 Å². The molecule has 0 spiro atoms. The minimum atomic E-state index is -3.65. The van der Waals surface area contributed by atoms with Crippen molar-refractivity contribution in [3.8, 4) is 0 Å². The van der Waals surface area contributed by atoms with E-state index in [4.69, 9.17) is 0 Å². The molecule has 0 radical (unpaired) electrons. The van der Waals surface area contributed by atoms with E-state index in [0.29, 0.717) is 26.2 Å². The number of piperazine rings is 1. The van der Waals surface area contributed by atoms with Crippen LogP contribution in [0.25, 0.3) is 0 Å². The van der Waals surface area contributed by atoms with Gasteiger partial charge in [-0.3, -0.25) is 10.1 Å². The molecule has 0 unspecified atom stereocenters. The molecular formula is C18H21FN3O4S+. The number of benzene rings is 2. The van der Waals surface area contributed by atoms with Gasteiger partial charge in [-0.1, -0.05) is 12.1 Å². The topological polar surface area (TPSA) is 85.0 Å². The fourth-order valence-electron chi connectivity index (χ4n) is 3.35. The Hall–Kier alpha value is -2.36. The highest BCUT2D eigenvalue weighted by Gasteiger charge is 2.33. The molecule has 2 aromatic carbocycles. The molecule has 1 heterocycles. The highest BCUT2D eigenvalue weighted by Crippen LogP contribution is 2.19. The first-order valence-corrected chi connectivity index (χ1v) is 10.1. The molecule has 1 saturated heterocycles. The number of quaternary nitrogens is 1. The van der Waals surface area contributed by atoms with E-state index >= 15 is 0 Å². The first-order valence-electron chi connectivity index (χ1n) is 8.63. The Morgan fingerprint density at radius 1 is 1.15 bits per heavy atom. The van der Waals surface area contributed by atoms with Crippen LogP contribution in [0.5, 0.6) is 0 Å². The monoisotopic (exact) mass is 394 g/mol. The average molecular weight is 394 g/mol. The zero-order chi connectivity index (χ0) is 19.6. The van der Waals surface area contributed by atoms with Crippen molar-refractivity contribution >= 4 is 15.7 Å². The maximum atomic E-state index is 13.0. The van der Waals surface area contributed by atoms with Gasteiger partial charge >= 0.3 is 0 Å². The van der Waals surface area contributed by atoms with Crippen molar-refractivity contribution in [1.82, 2.24) is 4.31 Å². The molecule has 144 valence electrons. The van der Waals surface area contributed by atoms with Crippen LogP contribution in [0.15, 0.2) is 53.4 Å². The molecule has 0 amide bonds. The molecule has 0 aromatic heterocycles. The smallest absolute Gasteiger partial charge is 0.269 e. The Labute approximate surface area is 157 Å². The summed E-state index contributed by atoms with van der Waals surface area (Å²) in [5, 5.41) is 11.0. The number of nitro groups is 1. The summed E-state index contributed by atoms with van der Waals surface area (Å²) in [6.07, 6.45) is 0. The van der Waals surface area contributed by atoms with Gasteiger partial charge in [0.15, 0.2) is 0 Å². The lowest BCUT2D eigenvalue weighted by Gasteiger charge is -2.34. The SMILES string of the molecule is C[C@@H](c1cccc([N+](=O)[O-])c1)[NH+]1CCN(S(=O)(=O)c2ccc(F)cc2)CC1. The number of hydrogen-bond acceptors (Lipinski definition) is 4. The highest BCUT2D eigenvalue weighted by molar-refractivity contribution is 7.89. The molecular weight excluding hydrogens is 373 g/mol. The molecule has 1 N–H and O–H groups in total. The lowest BCUT2D eigenvalue weighted by atomic mass is 10.1. The van der Waals surface area contributed by atoms with Crippen molar-refractivity contribution in [1.29, 1.82) is 0 Å².